The van der Waals surface area contributed by atoms with Gasteiger partial charge in [0.15, 0.2) is 0 Å². The number of nitrogens with zero attached hydrogens (tertiary/aromatic N) is 2. The third-order valence-corrected chi connectivity index (χ3v) is 5.06. The summed E-state index contributed by atoms with van der Waals surface area (Å²) in [4.78, 5) is -0.187. The molecule has 108 valence electrons. The van der Waals surface area contributed by atoms with Crippen LogP contribution in [0.25, 0.3) is 0 Å². The van der Waals surface area contributed by atoms with E-state index in [0.717, 1.165) is 17.4 Å². The van der Waals surface area contributed by atoms with Gasteiger partial charge in [0, 0.05) is 6.54 Å². The Hall–Kier alpha value is -1.58. The number of aromatic nitrogens is 2. The van der Waals surface area contributed by atoms with Crippen LogP contribution in [0.2, 0.25) is 0 Å². The van der Waals surface area contributed by atoms with Crippen molar-refractivity contribution in [3.8, 4) is 0 Å². The third kappa shape index (κ3) is 3.11. The lowest BCUT2D eigenvalue weighted by Gasteiger charge is -2.09. The van der Waals surface area contributed by atoms with Gasteiger partial charge < -0.3 is 5.73 Å². The van der Waals surface area contributed by atoms with Crippen LogP contribution in [0, 0.1) is 5.82 Å². The van der Waals surface area contributed by atoms with Gasteiger partial charge in [-0.05, 0) is 24.1 Å². The Labute approximate surface area is 119 Å². The molecule has 0 radical (unpaired) electrons. The highest BCUT2D eigenvalue weighted by Crippen LogP contribution is 2.23. The van der Waals surface area contributed by atoms with E-state index in [9.17, 15) is 12.8 Å². The zero-order valence-corrected chi connectivity index (χ0v) is 12.3. The van der Waals surface area contributed by atoms with Crippen LogP contribution in [0.5, 0.6) is 0 Å². The van der Waals surface area contributed by atoms with E-state index in [1.165, 1.54) is 12.1 Å². The smallest absolute Gasteiger partial charge is 0.264 e. The average Bonchev–Trinajstić information content (AvgIpc) is 2.85. The van der Waals surface area contributed by atoms with E-state index in [-0.39, 0.29) is 16.6 Å². The Morgan fingerprint density at radius 2 is 2.15 bits per heavy atom. The summed E-state index contributed by atoms with van der Waals surface area (Å²) in [6.07, 6.45) is 0.660. The molecule has 1 aromatic carbocycles. The summed E-state index contributed by atoms with van der Waals surface area (Å²) in [7, 11) is -3.94. The topological polar surface area (TPSA) is 98.0 Å². The van der Waals surface area contributed by atoms with Crippen molar-refractivity contribution in [3.05, 3.63) is 34.6 Å². The monoisotopic (exact) mass is 316 g/mol. The van der Waals surface area contributed by atoms with Crippen molar-refractivity contribution in [2.45, 2.75) is 24.8 Å². The Kier molecular flexibility index (Phi) is 4.31. The zero-order chi connectivity index (χ0) is 14.8. The maximum Gasteiger partial charge on any atom is 0.264 e. The minimum Gasteiger partial charge on any atom is -0.326 e. The van der Waals surface area contributed by atoms with Crippen LogP contribution in [0.3, 0.4) is 0 Å². The number of hydrogen-bond acceptors (Lipinski definition) is 6. The van der Waals surface area contributed by atoms with Gasteiger partial charge in [-0.15, -0.1) is 10.2 Å². The Morgan fingerprint density at radius 1 is 1.40 bits per heavy atom. The lowest BCUT2D eigenvalue weighted by Crippen LogP contribution is -2.16. The summed E-state index contributed by atoms with van der Waals surface area (Å²) in [5.74, 6) is -0.644. The molecule has 0 unspecified atom stereocenters. The van der Waals surface area contributed by atoms with Gasteiger partial charge in [-0.25, -0.2) is 12.8 Å². The van der Waals surface area contributed by atoms with Crippen molar-refractivity contribution in [2.75, 3.05) is 4.72 Å². The molecule has 0 bridgehead atoms. The van der Waals surface area contributed by atoms with E-state index >= 15 is 0 Å². The predicted molar refractivity (Wildman–Crippen MR) is 74.4 cm³/mol. The first-order chi connectivity index (χ1) is 9.46. The summed E-state index contributed by atoms with van der Waals surface area (Å²) >= 11 is 1.13. The van der Waals surface area contributed by atoms with Crippen LogP contribution in [-0.4, -0.2) is 18.6 Å². The molecule has 0 amide bonds. The van der Waals surface area contributed by atoms with Gasteiger partial charge in [0.25, 0.3) is 10.0 Å². The van der Waals surface area contributed by atoms with Crippen molar-refractivity contribution in [2.24, 2.45) is 5.73 Å². The van der Waals surface area contributed by atoms with E-state index in [4.69, 9.17) is 5.73 Å². The normalized spacial score (nSPS) is 11.6. The number of aryl methyl sites for hydroxylation is 1. The first-order valence-electron chi connectivity index (χ1n) is 5.80. The minimum atomic E-state index is -3.94. The number of hydrogen-bond donors (Lipinski definition) is 2. The molecule has 0 atom stereocenters. The molecule has 0 aliphatic rings. The van der Waals surface area contributed by atoms with E-state index < -0.39 is 15.8 Å². The predicted octanol–water partition coefficient (Wildman–Crippen LogP) is 1.50. The van der Waals surface area contributed by atoms with Crippen molar-refractivity contribution >= 4 is 26.5 Å². The maximum absolute atomic E-state index is 13.3. The highest BCUT2D eigenvalue weighted by Gasteiger charge is 2.20. The lowest BCUT2D eigenvalue weighted by molar-refractivity contribution is 0.593. The molecular formula is C11H13FN4O2S2. The number of sulfonamides is 1. The van der Waals surface area contributed by atoms with Crippen LogP contribution in [0.1, 0.15) is 17.5 Å². The van der Waals surface area contributed by atoms with Gasteiger partial charge in [0.05, 0.1) is 4.90 Å². The second-order valence-electron chi connectivity index (χ2n) is 3.92. The van der Waals surface area contributed by atoms with Gasteiger partial charge in [-0.1, -0.05) is 24.3 Å². The molecule has 2 aromatic rings. The van der Waals surface area contributed by atoms with Gasteiger partial charge >= 0.3 is 0 Å². The summed E-state index contributed by atoms with van der Waals surface area (Å²) in [6.45, 7) is 1.88. The number of nitrogens with two attached hydrogens (primary N) is 1. The fraction of sp³-hybridized carbons (Fsp3) is 0.273. The lowest BCUT2D eigenvalue weighted by atomic mass is 10.2. The maximum atomic E-state index is 13.3. The van der Waals surface area contributed by atoms with Crippen LogP contribution < -0.4 is 10.5 Å². The zero-order valence-electron chi connectivity index (χ0n) is 10.6. The summed E-state index contributed by atoms with van der Waals surface area (Å²) in [5.41, 5.74) is 5.81. The number of nitrogens with one attached hydrogen (secondary N) is 1. The van der Waals surface area contributed by atoms with E-state index in [2.05, 4.69) is 14.9 Å². The molecular weight excluding hydrogens is 303 g/mol. The second kappa shape index (κ2) is 5.81. The van der Waals surface area contributed by atoms with Crippen molar-refractivity contribution in [1.29, 1.82) is 0 Å². The van der Waals surface area contributed by atoms with Crippen LogP contribution in [0.4, 0.5) is 9.52 Å². The Balaban J connectivity index is 2.37. The number of benzene rings is 1. The summed E-state index contributed by atoms with van der Waals surface area (Å²) < 4.78 is 40.0. The first kappa shape index (κ1) is 14.8. The highest BCUT2D eigenvalue weighted by atomic mass is 32.2. The molecule has 0 spiro atoms. The van der Waals surface area contributed by atoms with Gasteiger partial charge in [0.2, 0.25) is 5.13 Å². The molecule has 0 saturated heterocycles. The number of anilines is 1. The van der Waals surface area contributed by atoms with E-state index in [0.29, 0.717) is 17.0 Å². The van der Waals surface area contributed by atoms with Crippen molar-refractivity contribution in [3.63, 3.8) is 0 Å². The van der Waals surface area contributed by atoms with Crippen LogP contribution >= 0.6 is 11.3 Å². The molecule has 20 heavy (non-hydrogen) atoms. The third-order valence-electron chi connectivity index (χ3n) is 2.53. The molecule has 0 saturated carbocycles. The molecule has 2 rings (SSSR count). The molecule has 6 nitrogen and oxygen atoms in total. The fourth-order valence-corrected chi connectivity index (χ4v) is 3.73. The van der Waals surface area contributed by atoms with Crippen molar-refractivity contribution in [1.82, 2.24) is 10.2 Å². The largest absolute Gasteiger partial charge is 0.326 e. The standard InChI is InChI=1S/C11H13FN4O2S2/c1-2-10-14-15-11(19-10)16-20(17,18)9-5-8(12)4-3-7(9)6-13/h3-5H,2,6,13H2,1H3,(H,15,16). The van der Waals surface area contributed by atoms with E-state index in [1.54, 1.807) is 0 Å². The quantitative estimate of drug-likeness (QED) is 0.871. The van der Waals surface area contributed by atoms with Gasteiger partial charge in [-0.3, -0.25) is 4.72 Å². The van der Waals surface area contributed by atoms with Crippen molar-refractivity contribution < 1.29 is 12.8 Å². The number of rotatable bonds is 5. The molecule has 1 aromatic heterocycles. The van der Waals surface area contributed by atoms with Crippen LogP contribution in [-0.2, 0) is 23.0 Å². The van der Waals surface area contributed by atoms with Gasteiger partial charge in [0.1, 0.15) is 10.8 Å². The molecule has 3 N–H and O–H groups in total. The summed E-state index contributed by atoms with van der Waals surface area (Å²) in [6, 6.07) is 3.45. The van der Waals surface area contributed by atoms with Crippen LogP contribution in [0.15, 0.2) is 23.1 Å². The number of halogens is 1. The minimum absolute atomic E-state index is 0.00709. The average molecular weight is 316 g/mol. The second-order valence-corrected chi connectivity index (χ2v) is 6.63. The molecule has 0 fully saturated rings. The SMILES string of the molecule is CCc1nnc(NS(=O)(=O)c2cc(F)ccc2CN)s1. The fourth-order valence-electron chi connectivity index (χ4n) is 1.55. The highest BCUT2D eigenvalue weighted by molar-refractivity contribution is 7.93. The molecule has 9 heteroatoms. The molecule has 0 aliphatic heterocycles. The molecule has 0 aliphatic carbocycles. The first-order valence-corrected chi connectivity index (χ1v) is 8.10. The Bertz CT molecular complexity index is 715. The van der Waals surface area contributed by atoms with Gasteiger partial charge in [-0.2, -0.15) is 0 Å². The molecule has 1 heterocycles. The Morgan fingerprint density at radius 3 is 2.75 bits per heavy atom. The van der Waals surface area contributed by atoms with E-state index in [1.807, 2.05) is 6.92 Å². The summed E-state index contributed by atoms with van der Waals surface area (Å²) in [5, 5.41) is 8.40.